The molecule has 1 rings (SSSR count). The first-order valence-electron chi connectivity index (χ1n) is 4.70. The average Bonchev–Trinajstić information content (AvgIpc) is 2.25. The summed E-state index contributed by atoms with van der Waals surface area (Å²) >= 11 is 0. The van der Waals surface area contributed by atoms with Crippen LogP contribution >= 0.6 is 0 Å². The summed E-state index contributed by atoms with van der Waals surface area (Å²) in [4.78, 5) is 11.7. The fourth-order valence-electron chi connectivity index (χ4n) is 1.16. The normalized spacial score (nSPS) is 11.1. The van der Waals surface area contributed by atoms with Crippen LogP contribution in [-0.2, 0) is 10.3 Å². The van der Waals surface area contributed by atoms with E-state index in [9.17, 15) is 17.8 Å². The van der Waals surface area contributed by atoms with E-state index in [1.54, 1.807) is 0 Å². The van der Waals surface area contributed by atoms with E-state index in [4.69, 9.17) is 5.73 Å². The molecular formula is C10H10N3NaO4S. The van der Waals surface area contributed by atoms with E-state index in [2.05, 4.69) is 16.2 Å². The average molecular weight is 291 g/mol. The van der Waals surface area contributed by atoms with Crippen molar-refractivity contribution in [1.29, 1.82) is 0 Å². The molecule has 2 N–H and O–H groups in total. The molecule has 0 aliphatic rings. The van der Waals surface area contributed by atoms with Crippen molar-refractivity contribution >= 4 is 27.5 Å². The predicted molar refractivity (Wildman–Crippen MR) is 64.2 cm³/mol. The molecule has 0 radical (unpaired) electrons. The van der Waals surface area contributed by atoms with Crippen LogP contribution in [0.25, 0.3) is 0 Å². The summed E-state index contributed by atoms with van der Waals surface area (Å²) in [6.07, 6.45) is 0. The van der Waals surface area contributed by atoms with Gasteiger partial charge in [-0.3, -0.25) is 4.79 Å². The Morgan fingerprint density at radius 2 is 2.00 bits per heavy atom. The van der Waals surface area contributed by atoms with Crippen molar-refractivity contribution in [1.82, 2.24) is 0 Å². The zero-order valence-corrected chi connectivity index (χ0v) is 13.3. The Balaban J connectivity index is 0.00000324. The first-order chi connectivity index (χ1) is 8.22. The Hall–Kier alpha value is -1.06. The predicted octanol–water partition coefficient (Wildman–Crippen LogP) is -1.42. The number of benzene rings is 1. The number of carbonyl (C=O) groups is 1. The second-order valence-electron chi connectivity index (χ2n) is 3.46. The molecule has 0 fully saturated rings. The number of carbonyl (C=O) groups excluding carboxylic acids is 1. The number of allylic oxidation sites excluding steroid dienone is 1. The van der Waals surface area contributed by atoms with Gasteiger partial charge in [0, 0.05) is 5.56 Å². The molecule has 0 amide bonds. The van der Waals surface area contributed by atoms with Crippen LogP contribution in [0.3, 0.4) is 0 Å². The summed E-state index contributed by atoms with van der Waals surface area (Å²) < 4.78 is 33.5. The second kappa shape index (κ2) is 6.92. The molecule has 0 saturated carbocycles. The molecule has 0 heterocycles. The topological polar surface area (TPSA) is 125 Å². The van der Waals surface area contributed by atoms with Gasteiger partial charge in [-0.2, -0.15) is 0 Å². The first kappa shape index (κ1) is 17.9. The number of nitrogens with zero attached hydrogens (tertiary/aromatic N) is 2. The summed E-state index contributed by atoms with van der Waals surface area (Å²) in [5.41, 5.74) is 5.91. The summed E-state index contributed by atoms with van der Waals surface area (Å²) in [7, 11) is -4.84. The third-order valence-corrected chi connectivity index (χ3v) is 2.25. The Bertz CT molecular complexity index is 640. The Morgan fingerprint density at radius 1 is 1.42 bits per heavy atom. The Labute approximate surface area is 132 Å². The van der Waals surface area contributed by atoms with E-state index >= 15 is 0 Å². The minimum atomic E-state index is -4.84. The van der Waals surface area contributed by atoms with E-state index in [-0.39, 0.29) is 52.1 Å². The molecule has 1 aromatic rings. The Morgan fingerprint density at radius 3 is 2.47 bits per heavy atom. The zero-order chi connectivity index (χ0) is 13.9. The van der Waals surface area contributed by atoms with Crippen LogP contribution < -0.4 is 35.3 Å². The van der Waals surface area contributed by atoms with E-state index in [1.807, 2.05) is 0 Å². The third-order valence-electron chi connectivity index (χ3n) is 1.96. The van der Waals surface area contributed by atoms with Crippen molar-refractivity contribution in [3.63, 3.8) is 0 Å². The van der Waals surface area contributed by atoms with E-state index in [1.165, 1.54) is 25.1 Å². The standard InChI is InChI=1S/C10H11N3O4S.Na/c1-6(2)10(14)7-4-3-5-8(9(7)11)12-13-18(15,16)17;/h3-5H,1,11H2,2H3,(H,15,16,17);/q;+1/p-1. The molecule has 0 atom stereocenters. The van der Waals surface area contributed by atoms with Crippen molar-refractivity contribution in [3.05, 3.63) is 35.9 Å². The maximum absolute atomic E-state index is 11.7. The van der Waals surface area contributed by atoms with Gasteiger partial charge in [0.05, 0.1) is 5.69 Å². The molecule has 7 nitrogen and oxygen atoms in total. The number of Topliss-reactive ketones (excluding diaryl/α,β-unsaturated/α-hetero) is 1. The first-order valence-corrected chi connectivity index (χ1v) is 6.06. The van der Waals surface area contributed by atoms with Gasteiger partial charge in [0.15, 0.2) is 5.78 Å². The minimum Gasteiger partial charge on any atom is -0.728 e. The minimum absolute atomic E-state index is 0. The number of hydrogen-bond acceptors (Lipinski definition) is 6. The van der Waals surface area contributed by atoms with Gasteiger partial charge >= 0.3 is 29.6 Å². The van der Waals surface area contributed by atoms with Gasteiger partial charge in [-0.25, -0.2) is 8.42 Å². The van der Waals surface area contributed by atoms with Crippen LogP contribution in [0.4, 0.5) is 11.4 Å². The van der Waals surface area contributed by atoms with E-state index < -0.39 is 16.1 Å². The Kier molecular flexibility index (Phi) is 6.53. The largest absolute Gasteiger partial charge is 1.00 e. The fraction of sp³-hybridized carbons (Fsp3) is 0.100. The molecule has 0 unspecified atom stereocenters. The quantitative estimate of drug-likeness (QED) is 0.182. The zero-order valence-electron chi connectivity index (χ0n) is 10.5. The number of nitrogens with two attached hydrogens (primary N) is 1. The van der Waals surface area contributed by atoms with Gasteiger partial charge in [0.2, 0.25) is 10.3 Å². The number of ketones is 1. The maximum atomic E-state index is 11.7. The summed E-state index contributed by atoms with van der Waals surface area (Å²) in [5.74, 6) is -0.394. The van der Waals surface area contributed by atoms with Crippen LogP contribution in [0.1, 0.15) is 17.3 Å². The molecule has 96 valence electrons. The van der Waals surface area contributed by atoms with Gasteiger partial charge in [-0.05, 0) is 24.6 Å². The van der Waals surface area contributed by atoms with Gasteiger partial charge < -0.3 is 10.3 Å². The summed E-state index contributed by atoms with van der Waals surface area (Å²) in [5, 5.41) is 3.20. The van der Waals surface area contributed by atoms with Gasteiger partial charge in [0.25, 0.3) is 0 Å². The molecule has 0 aliphatic carbocycles. The van der Waals surface area contributed by atoms with Crippen molar-refractivity contribution in [2.24, 2.45) is 9.63 Å². The molecular weight excluding hydrogens is 281 g/mol. The van der Waals surface area contributed by atoms with Crippen molar-refractivity contribution in [2.75, 3.05) is 5.73 Å². The molecule has 1 aromatic carbocycles. The molecule has 0 spiro atoms. The maximum Gasteiger partial charge on any atom is 1.00 e. The van der Waals surface area contributed by atoms with Crippen molar-refractivity contribution in [2.45, 2.75) is 6.92 Å². The van der Waals surface area contributed by atoms with Crippen LogP contribution in [0.15, 0.2) is 40.0 Å². The van der Waals surface area contributed by atoms with Crippen molar-refractivity contribution < 1.29 is 47.3 Å². The molecule has 0 saturated heterocycles. The third kappa shape index (κ3) is 5.21. The molecule has 19 heavy (non-hydrogen) atoms. The monoisotopic (exact) mass is 291 g/mol. The number of hydrogen-bond donors (Lipinski definition) is 1. The molecule has 0 aliphatic heterocycles. The second-order valence-corrected chi connectivity index (χ2v) is 4.48. The number of para-hydroxylation sites is 1. The molecule has 0 aromatic heterocycles. The van der Waals surface area contributed by atoms with Gasteiger partial charge in [0.1, 0.15) is 5.69 Å². The molecule has 0 bridgehead atoms. The van der Waals surface area contributed by atoms with Crippen LogP contribution in [-0.4, -0.2) is 18.8 Å². The van der Waals surface area contributed by atoms with E-state index in [0.717, 1.165) is 0 Å². The smallest absolute Gasteiger partial charge is 0.728 e. The van der Waals surface area contributed by atoms with Gasteiger partial charge in [-0.15, -0.1) is 5.11 Å². The van der Waals surface area contributed by atoms with Crippen LogP contribution in [0, 0.1) is 0 Å². The van der Waals surface area contributed by atoms with Crippen LogP contribution in [0.5, 0.6) is 0 Å². The molecule has 9 heteroatoms. The fourth-order valence-corrected chi connectivity index (χ4v) is 1.35. The SMILES string of the molecule is C=C(C)C(=O)c1cccc(N=NS(=O)(=O)[O-])c1N.[Na+]. The number of rotatable bonds is 4. The van der Waals surface area contributed by atoms with E-state index in [0.29, 0.717) is 0 Å². The summed E-state index contributed by atoms with van der Waals surface area (Å²) in [6.45, 7) is 4.99. The number of anilines is 1. The van der Waals surface area contributed by atoms with Gasteiger partial charge in [-0.1, -0.05) is 17.2 Å². The summed E-state index contributed by atoms with van der Waals surface area (Å²) in [6, 6.07) is 4.22. The van der Waals surface area contributed by atoms with Crippen LogP contribution in [0.2, 0.25) is 0 Å². The number of nitrogen functional groups attached to an aromatic ring is 1. The van der Waals surface area contributed by atoms with Crippen molar-refractivity contribution in [3.8, 4) is 0 Å².